The van der Waals surface area contributed by atoms with Gasteiger partial charge in [-0.3, -0.25) is 14.4 Å². The number of carbonyl (C=O) groups is 3. The van der Waals surface area contributed by atoms with Crippen molar-refractivity contribution in [3.63, 3.8) is 0 Å². The molecule has 2 amide bonds. The second-order valence-electron chi connectivity index (χ2n) is 7.50. The molecule has 0 saturated heterocycles. The van der Waals surface area contributed by atoms with Crippen LogP contribution in [0.25, 0.3) is 0 Å². The minimum atomic E-state index is -1.85. The van der Waals surface area contributed by atoms with Crippen molar-refractivity contribution in [3.8, 4) is 5.75 Å². The van der Waals surface area contributed by atoms with Gasteiger partial charge < -0.3 is 20.5 Å². The third-order valence-corrected chi connectivity index (χ3v) is 5.91. The highest BCUT2D eigenvalue weighted by Crippen LogP contribution is 2.35. The van der Waals surface area contributed by atoms with E-state index in [0.29, 0.717) is 12.2 Å². The number of esters is 1. The van der Waals surface area contributed by atoms with Crippen molar-refractivity contribution < 1.29 is 24.2 Å². The fourth-order valence-corrected chi connectivity index (χ4v) is 3.38. The molecule has 1 atom stereocenters. The van der Waals surface area contributed by atoms with Gasteiger partial charge in [-0.15, -0.1) is 0 Å². The van der Waals surface area contributed by atoms with E-state index >= 15 is 0 Å². The summed E-state index contributed by atoms with van der Waals surface area (Å²) in [5.41, 5.74) is 4.26. The average molecular weight is 392 g/mol. The van der Waals surface area contributed by atoms with Crippen molar-refractivity contribution in [3.05, 3.63) is 29.3 Å². The summed E-state index contributed by atoms with van der Waals surface area (Å²) in [6.07, 6.45) is 6.04. The fourth-order valence-electron chi connectivity index (χ4n) is 2.80. The number of ether oxygens (including phenoxy) is 1. The van der Waals surface area contributed by atoms with Crippen LogP contribution in [0.5, 0.6) is 5.75 Å². The number of rotatable bonds is 8. The van der Waals surface area contributed by atoms with Crippen LogP contribution in [0.1, 0.15) is 28.8 Å². The van der Waals surface area contributed by atoms with Gasteiger partial charge in [0.2, 0.25) is 5.91 Å². The first-order valence-corrected chi connectivity index (χ1v) is 11.5. The van der Waals surface area contributed by atoms with Gasteiger partial charge in [0.15, 0.2) is 0 Å². The molecule has 1 unspecified atom stereocenters. The number of phenolic OH excluding ortho intramolecular Hbond substituents is 1. The minimum Gasteiger partial charge on any atom is -0.508 e. The number of fused-ring (bicyclic) bond motifs is 1. The number of hydrogen-bond acceptors (Lipinski definition) is 5. The van der Waals surface area contributed by atoms with Gasteiger partial charge in [0, 0.05) is 23.3 Å². The first-order valence-electron chi connectivity index (χ1n) is 8.49. The molecule has 9 heteroatoms. The van der Waals surface area contributed by atoms with E-state index in [4.69, 9.17) is 18.3 Å². The lowest BCUT2D eigenvalue weighted by Gasteiger charge is -2.36. The van der Waals surface area contributed by atoms with Gasteiger partial charge in [0.05, 0.1) is 18.6 Å². The van der Waals surface area contributed by atoms with E-state index in [1.807, 2.05) is 0 Å². The van der Waals surface area contributed by atoms with Crippen LogP contribution < -0.4 is 5.73 Å². The molecule has 0 saturated carbocycles. The number of benzene rings is 1. The molecule has 0 fully saturated rings. The molecule has 1 aromatic rings. The van der Waals surface area contributed by atoms with Crippen molar-refractivity contribution in [1.82, 2.24) is 4.90 Å². The van der Waals surface area contributed by atoms with Crippen molar-refractivity contribution in [2.45, 2.75) is 24.8 Å². The van der Waals surface area contributed by atoms with E-state index in [1.165, 1.54) is 12.1 Å². The largest absolute Gasteiger partial charge is 0.508 e. The summed E-state index contributed by atoms with van der Waals surface area (Å²) in [6, 6.07) is 4.53. The maximum absolute atomic E-state index is 12.6. The lowest BCUT2D eigenvalue weighted by molar-refractivity contribution is -0.143. The predicted molar refractivity (Wildman–Crippen MR) is 106 cm³/mol. The molecule has 1 aliphatic rings. The molecule has 2 radical (unpaired) electrons. The Balaban J connectivity index is 2.06. The predicted octanol–water partition coefficient (Wildman–Crippen LogP) is 0.716. The lowest BCUT2D eigenvalue weighted by atomic mass is 9.72. The summed E-state index contributed by atoms with van der Waals surface area (Å²) < 4.78 is 5.19. The minimum absolute atomic E-state index is 0.0529. The number of nitrogens with zero attached hydrogens (tertiary/aromatic N) is 1. The third-order valence-electron chi connectivity index (χ3n) is 4.52. The molecule has 2 rings (SSSR count). The van der Waals surface area contributed by atoms with Gasteiger partial charge in [0.25, 0.3) is 5.91 Å². The fraction of sp³-hybridized carbons (Fsp3) is 0.500. The molecule has 146 valence electrons. The summed E-state index contributed by atoms with van der Waals surface area (Å²) in [6.45, 7) is 0.247. The summed E-state index contributed by atoms with van der Waals surface area (Å²) in [7, 11) is 5.37. The smallest absolute Gasteiger partial charge is 0.305 e. The first-order chi connectivity index (χ1) is 12.5. The maximum Gasteiger partial charge on any atom is 0.305 e. The number of amides is 2. The van der Waals surface area contributed by atoms with E-state index in [-0.39, 0.29) is 30.7 Å². The third kappa shape index (κ3) is 4.77. The molecule has 3 N–H and O–H groups in total. The second kappa shape index (κ2) is 7.84. The zero-order valence-electron chi connectivity index (χ0n) is 15.9. The molecular weight excluding hydrogens is 367 g/mol. The van der Waals surface area contributed by atoms with E-state index < -0.39 is 33.3 Å². The van der Waals surface area contributed by atoms with Crippen molar-refractivity contribution in [2.24, 2.45) is 5.73 Å². The van der Waals surface area contributed by atoms with Gasteiger partial charge in [-0.2, -0.15) is 0 Å². The zero-order valence-corrected chi connectivity index (χ0v) is 16.7. The number of aromatic hydroxyl groups is 1. The molecular formula is C18H25BN2O5S. The van der Waals surface area contributed by atoms with Crippen LogP contribution in [0.2, 0.25) is 0 Å². The quantitative estimate of drug-likeness (QED) is 0.500. The Morgan fingerprint density at radius 1 is 1.37 bits per heavy atom. The monoisotopic (exact) mass is 392 g/mol. The summed E-state index contributed by atoms with van der Waals surface area (Å²) in [4.78, 5) is 37.8. The summed E-state index contributed by atoms with van der Waals surface area (Å²) in [5.74, 6) is -1.20. The number of primary amides is 1. The van der Waals surface area contributed by atoms with Crippen LogP contribution in [0.3, 0.4) is 0 Å². The summed E-state index contributed by atoms with van der Waals surface area (Å²) in [5, 5.41) is 9.94. The molecule has 0 bridgehead atoms. The SMILES string of the molecule is [B]C(CCC(=O)OCCS(C)(C)C)(C(N)=O)N1Cc2c(O)cccc2C1=O. The Kier molecular flexibility index (Phi) is 6.14. The topological polar surface area (TPSA) is 110 Å². The van der Waals surface area contributed by atoms with Gasteiger partial charge in [0.1, 0.15) is 13.6 Å². The molecule has 0 aromatic heterocycles. The van der Waals surface area contributed by atoms with Crippen LogP contribution in [0.15, 0.2) is 18.2 Å². The van der Waals surface area contributed by atoms with E-state index in [1.54, 1.807) is 6.07 Å². The number of nitrogens with two attached hydrogens (primary N) is 1. The molecule has 1 aromatic carbocycles. The van der Waals surface area contributed by atoms with Gasteiger partial charge in [-0.1, -0.05) is 6.07 Å². The average Bonchev–Trinajstić information content (AvgIpc) is 2.90. The molecule has 0 aliphatic carbocycles. The van der Waals surface area contributed by atoms with Gasteiger partial charge >= 0.3 is 5.97 Å². The Labute approximate surface area is 162 Å². The standard InChI is InChI=1S/C18H25BN2O5S/c1-27(2,3)10-9-26-15(23)7-8-18(19,17(20)25)21-11-13-12(16(21)24)5-4-6-14(13)22/h4-6,22H,7-11H2,1-3H3,(H2,20,25). The van der Waals surface area contributed by atoms with E-state index in [9.17, 15) is 19.5 Å². The number of phenols is 1. The number of hydrogen-bond donors (Lipinski definition) is 2. The Hall–Kier alpha value is -2.16. The highest BCUT2D eigenvalue weighted by atomic mass is 32.3. The van der Waals surface area contributed by atoms with Crippen LogP contribution in [0.4, 0.5) is 0 Å². The van der Waals surface area contributed by atoms with E-state index in [2.05, 4.69) is 18.8 Å². The molecule has 0 spiro atoms. The summed E-state index contributed by atoms with van der Waals surface area (Å²) >= 11 is 0. The Bertz CT molecular complexity index is 765. The normalized spacial score (nSPS) is 16.6. The molecule has 27 heavy (non-hydrogen) atoms. The maximum atomic E-state index is 12.6. The van der Waals surface area contributed by atoms with Crippen molar-refractivity contribution in [2.75, 3.05) is 31.1 Å². The van der Waals surface area contributed by atoms with Gasteiger partial charge in [-0.25, -0.2) is 10.0 Å². The second-order valence-corrected chi connectivity index (χ2v) is 12.1. The van der Waals surface area contributed by atoms with Crippen LogP contribution >= 0.6 is 10.0 Å². The van der Waals surface area contributed by atoms with Crippen LogP contribution in [-0.4, -0.2) is 72.2 Å². The van der Waals surface area contributed by atoms with Crippen molar-refractivity contribution in [1.29, 1.82) is 0 Å². The molecule has 1 heterocycles. The highest BCUT2D eigenvalue weighted by molar-refractivity contribution is 8.32. The van der Waals surface area contributed by atoms with Gasteiger partial charge in [-0.05, 0) is 37.3 Å². The molecule has 1 aliphatic heterocycles. The Morgan fingerprint density at radius 3 is 2.59 bits per heavy atom. The Morgan fingerprint density at radius 2 is 2.04 bits per heavy atom. The van der Waals surface area contributed by atoms with Crippen LogP contribution in [-0.2, 0) is 20.9 Å². The highest BCUT2D eigenvalue weighted by Gasteiger charge is 2.45. The van der Waals surface area contributed by atoms with E-state index in [0.717, 1.165) is 10.7 Å². The number of carbonyl (C=O) groups excluding carboxylic acids is 3. The first kappa shape index (κ1) is 21.1. The zero-order chi connectivity index (χ0) is 20.4. The van der Waals surface area contributed by atoms with Crippen LogP contribution in [0, 0.1) is 0 Å². The van der Waals surface area contributed by atoms with Crippen molar-refractivity contribution >= 4 is 35.7 Å². The lowest BCUT2D eigenvalue weighted by Crippen LogP contribution is -2.58. The molecule has 7 nitrogen and oxygen atoms in total.